The summed E-state index contributed by atoms with van der Waals surface area (Å²) in [5, 5.41) is 0. The molecule has 1 aliphatic rings. The number of aromatic nitrogens is 2. The number of carbonyl (C=O) groups excluding carboxylic acids is 1. The number of ether oxygens (including phenoxy) is 1. The lowest BCUT2D eigenvalue weighted by atomic mass is 10.1. The van der Waals surface area contributed by atoms with E-state index in [0.717, 1.165) is 29.2 Å². The summed E-state index contributed by atoms with van der Waals surface area (Å²) in [5.41, 5.74) is 1.70. The van der Waals surface area contributed by atoms with Crippen LogP contribution in [0.2, 0.25) is 0 Å². The highest BCUT2D eigenvalue weighted by atomic mass is 19.4. The van der Waals surface area contributed by atoms with Crippen LogP contribution in [0.4, 0.5) is 23.8 Å². The molecule has 0 atom stereocenters. The van der Waals surface area contributed by atoms with Crippen molar-refractivity contribution in [3.8, 4) is 5.75 Å². The number of piperazine rings is 1. The fraction of sp³-hybridized carbons (Fsp3) is 0.292. The molecule has 33 heavy (non-hydrogen) atoms. The average Bonchev–Trinajstić information content (AvgIpc) is 2.81. The Morgan fingerprint density at radius 3 is 2.24 bits per heavy atom. The number of rotatable bonds is 4. The molecule has 0 radical (unpaired) electrons. The van der Waals surface area contributed by atoms with Crippen molar-refractivity contribution in [2.45, 2.75) is 19.5 Å². The van der Waals surface area contributed by atoms with E-state index >= 15 is 0 Å². The molecule has 3 heterocycles. The van der Waals surface area contributed by atoms with Gasteiger partial charge in [-0.05, 0) is 48.4 Å². The normalized spacial score (nSPS) is 14.3. The number of hydrogen-bond donors (Lipinski definition) is 0. The minimum Gasteiger partial charge on any atom is -0.410 e. The predicted octanol–water partition coefficient (Wildman–Crippen LogP) is 4.72. The number of hydrogen-bond acceptors (Lipinski definition) is 5. The zero-order chi connectivity index (χ0) is 23.4. The van der Waals surface area contributed by atoms with E-state index in [1.807, 2.05) is 25.3 Å². The number of anilines is 1. The molecular formula is C24H23F3N4O2. The van der Waals surface area contributed by atoms with Gasteiger partial charge < -0.3 is 14.5 Å². The highest BCUT2D eigenvalue weighted by Crippen LogP contribution is 2.28. The van der Waals surface area contributed by atoms with E-state index in [1.54, 1.807) is 29.2 Å². The molecule has 0 saturated carbocycles. The van der Waals surface area contributed by atoms with Gasteiger partial charge >= 0.3 is 12.3 Å². The van der Waals surface area contributed by atoms with Crippen molar-refractivity contribution >= 4 is 11.9 Å². The summed E-state index contributed by atoms with van der Waals surface area (Å²) in [7, 11) is 0. The molecular weight excluding hydrogens is 433 g/mol. The Hall–Kier alpha value is -3.62. The molecule has 1 aromatic carbocycles. The van der Waals surface area contributed by atoms with Crippen molar-refractivity contribution in [1.82, 2.24) is 14.9 Å². The molecule has 3 aromatic rings. The largest absolute Gasteiger partial charge is 0.417 e. The number of halogens is 3. The van der Waals surface area contributed by atoms with E-state index in [1.165, 1.54) is 6.07 Å². The second-order valence-corrected chi connectivity index (χ2v) is 7.89. The van der Waals surface area contributed by atoms with E-state index < -0.39 is 17.8 Å². The maximum absolute atomic E-state index is 12.6. The monoisotopic (exact) mass is 456 g/mol. The summed E-state index contributed by atoms with van der Waals surface area (Å²) in [6.45, 7) is 4.40. The third-order valence-corrected chi connectivity index (χ3v) is 5.42. The Morgan fingerprint density at radius 1 is 0.939 bits per heavy atom. The van der Waals surface area contributed by atoms with Gasteiger partial charge in [0.05, 0.1) is 5.56 Å². The minimum atomic E-state index is -4.40. The van der Waals surface area contributed by atoms with Crippen molar-refractivity contribution in [3.63, 3.8) is 0 Å². The van der Waals surface area contributed by atoms with Gasteiger partial charge in [-0.25, -0.2) is 9.78 Å². The maximum atomic E-state index is 12.6. The first-order valence-corrected chi connectivity index (χ1v) is 10.5. The molecule has 6 nitrogen and oxygen atoms in total. The third-order valence-electron chi connectivity index (χ3n) is 5.42. The summed E-state index contributed by atoms with van der Waals surface area (Å²) in [4.78, 5) is 24.6. The Kier molecular flexibility index (Phi) is 6.48. The summed E-state index contributed by atoms with van der Waals surface area (Å²) < 4.78 is 43.4. The SMILES string of the molecule is Cc1ccc(N2CCN(C(=O)Oc3ccc(Cc4ccc(C(F)(F)F)cn4)cc3)CC2)nc1. The summed E-state index contributed by atoms with van der Waals surface area (Å²) in [6.07, 6.45) is -1.78. The fourth-order valence-electron chi connectivity index (χ4n) is 3.51. The van der Waals surface area contributed by atoms with Crippen molar-refractivity contribution in [2.24, 2.45) is 0 Å². The number of benzene rings is 1. The van der Waals surface area contributed by atoms with Gasteiger partial charge in [0.2, 0.25) is 0 Å². The van der Waals surface area contributed by atoms with Crippen molar-refractivity contribution in [3.05, 3.63) is 83.3 Å². The highest BCUT2D eigenvalue weighted by Gasteiger charge is 2.30. The third kappa shape index (κ3) is 5.79. The van der Waals surface area contributed by atoms with Crippen LogP contribution in [0.15, 0.2) is 60.9 Å². The highest BCUT2D eigenvalue weighted by molar-refractivity contribution is 5.71. The molecule has 1 amide bonds. The van der Waals surface area contributed by atoms with Crippen LogP contribution in [0, 0.1) is 6.92 Å². The fourth-order valence-corrected chi connectivity index (χ4v) is 3.51. The lowest BCUT2D eigenvalue weighted by Crippen LogP contribution is -2.49. The first-order valence-electron chi connectivity index (χ1n) is 10.5. The number of carbonyl (C=O) groups is 1. The van der Waals surface area contributed by atoms with Gasteiger partial charge in [-0.3, -0.25) is 4.98 Å². The maximum Gasteiger partial charge on any atom is 0.417 e. The zero-order valence-electron chi connectivity index (χ0n) is 18.0. The van der Waals surface area contributed by atoms with Crippen LogP contribution in [-0.2, 0) is 12.6 Å². The smallest absolute Gasteiger partial charge is 0.410 e. The zero-order valence-corrected chi connectivity index (χ0v) is 18.0. The van der Waals surface area contributed by atoms with Crippen LogP contribution in [0.1, 0.15) is 22.4 Å². The van der Waals surface area contributed by atoms with Crippen LogP contribution >= 0.6 is 0 Å². The first kappa shape index (κ1) is 22.6. The number of alkyl halides is 3. The number of amides is 1. The minimum absolute atomic E-state index is 0.376. The molecule has 2 aromatic heterocycles. The molecule has 0 unspecified atom stereocenters. The molecule has 172 valence electrons. The molecule has 0 bridgehead atoms. The quantitative estimate of drug-likeness (QED) is 0.569. The average molecular weight is 456 g/mol. The second-order valence-electron chi connectivity index (χ2n) is 7.89. The molecule has 1 aliphatic heterocycles. The molecule has 1 fully saturated rings. The van der Waals surface area contributed by atoms with Crippen molar-refractivity contribution in [2.75, 3.05) is 31.1 Å². The number of pyridine rings is 2. The number of aryl methyl sites for hydroxylation is 1. The van der Waals surface area contributed by atoms with Gasteiger partial charge in [0.15, 0.2) is 0 Å². The van der Waals surface area contributed by atoms with Gasteiger partial charge in [-0.15, -0.1) is 0 Å². The van der Waals surface area contributed by atoms with Crippen LogP contribution in [-0.4, -0.2) is 47.1 Å². The van der Waals surface area contributed by atoms with Gasteiger partial charge in [0, 0.05) is 50.7 Å². The van der Waals surface area contributed by atoms with Crippen LogP contribution < -0.4 is 9.64 Å². The van der Waals surface area contributed by atoms with Gasteiger partial charge in [0.25, 0.3) is 0 Å². The standard InChI is InChI=1S/C24H23F3N4O2/c1-17-2-9-22(29-15-17)30-10-12-31(13-11-30)23(32)33-21-7-3-18(4-8-21)14-20-6-5-19(16-28-20)24(25,26)27/h2-9,15-16H,10-14H2,1H3. The van der Waals surface area contributed by atoms with Crippen LogP contribution in [0.25, 0.3) is 0 Å². The summed E-state index contributed by atoms with van der Waals surface area (Å²) in [5.74, 6) is 1.30. The first-order chi connectivity index (χ1) is 15.8. The Labute approximate surface area is 189 Å². The Bertz CT molecular complexity index is 1080. The Morgan fingerprint density at radius 2 is 1.67 bits per heavy atom. The van der Waals surface area contributed by atoms with Crippen LogP contribution in [0.5, 0.6) is 5.75 Å². The number of nitrogens with zero attached hydrogens (tertiary/aromatic N) is 4. The lowest BCUT2D eigenvalue weighted by molar-refractivity contribution is -0.137. The molecule has 0 N–H and O–H groups in total. The summed E-state index contributed by atoms with van der Waals surface area (Å²) >= 11 is 0. The van der Waals surface area contributed by atoms with Gasteiger partial charge in [-0.2, -0.15) is 13.2 Å². The Balaban J connectivity index is 1.28. The van der Waals surface area contributed by atoms with Crippen LogP contribution in [0.3, 0.4) is 0 Å². The van der Waals surface area contributed by atoms with Crippen molar-refractivity contribution in [1.29, 1.82) is 0 Å². The molecule has 0 aliphatic carbocycles. The lowest BCUT2D eigenvalue weighted by Gasteiger charge is -2.34. The molecule has 4 rings (SSSR count). The van der Waals surface area contributed by atoms with E-state index in [0.29, 0.717) is 44.0 Å². The second kappa shape index (κ2) is 9.48. The summed E-state index contributed by atoms with van der Waals surface area (Å²) in [6, 6.07) is 13.3. The molecule has 1 saturated heterocycles. The van der Waals surface area contributed by atoms with E-state index in [-0.39, 0.29) is 0 Å². The van der Waals surface area contributed by atoms with Gasteiger partial charge in [-0.1, -0.05) is 18.2 Å². The predicted molar refractivity (Wildman–Crippen MR) is 117 cm³/mol. The van der Waals surface area contributed by atoms with E-state index in [4.69, 9.17) is 4.74 Å². The topological polar surface area (TPSA) is 58.6 Å². The van der Waals surface area contributed by atoms with Crippen molar-refractivity contribution < 1.29 is 22.7 Å². The van der Waals surface area contributed by atoms with E-state index in [2.05, 4.69) is 14.9 Å². The molecule has 9 heteroatoms. The van der Waals surface area contributed by atoms with Gasteiger partial charge in [0.1, 0.15) is 11.6 Å². The van der Waals surface area contributed by atoms with E-state index in [9.17, 15) is 18.0 Å². The molecule has 0 spiro atoms.